The Hall–Kier alpha value is -5.88. The summed E-state index contributed by atoms with van der Waals surface area (Å²) in [5.41, 5.74) is 12.9. The van der Waals surface area contributed by atoms with E-state index in [1.54, 1.807) is 36.4 Å². The van der Waals surface area contributed by atoms with Crippen molar-refractivity contribution in [3.05, 3.63) is 106 Å². The van der Waals surface area contributed by atoms with Crippen LogP contribution in [0.3, 0.4) is 0 Å². The molecule has 0 atom stereocenters. The molecule has 1 aliphatic rings. The van der Waals surface area contributed by atoms with Crippen molar-refractivity contribution >= 4 is 79.7 Å². The van der Waals surface area contributed by atoms with E-state index in [0.29, 0.717) is 75.0 Å². The van der Waals surface area contributed by atoms with Crippen molar-refractivity contribution in [3.63, 3.8) is 0 Å². The van der Waals surface area contributed by atoms with Crippen molar-refractivity contribution in [1.82, 2.24) is 10.6 Å². The van der Waals surface area contributed by atoms with Gasteiger partial charge in [-0.05, 0) is 92.1 Å². The number of hydrogen-bond acceptors (Lipinski definition) is 20. The number of aliphatic hydroxyl groups excluding tert-OH is 4. The molecule has 0 heterocycles. The number of fused-ring (bicyclic) bond motifs is 2. The first-order chi connectivity index (χ1) is 33.7. The number of aromatic hydroxyl groups is 2. The topological polar surface area (TPSA) is 431 Å². The Morgan fingerprint density at radius 2 is 0.836 bits per heavy atom. The number of ether oxygens (including phenoxy) is 2. The van der Waals surface area contributed by atoms with Gasteiger partial charge in [-0.15, -0.1) is 24.8 Å². The number of nitrogens with one attached hydrogen (secondary N) is 6. The van der Waals surface area contributed by atoms with Crippen LogP contribution in [0.1, 0.15) is 62.2 Å². The summed E-state index contributed by atoms with van der Waals surface area (Å²) in [6.07, 6.45) is 2.90. The Labute approximate surface area is 435 Å². The molecule has 0 aromatic heterocycles. The highest BCUT2D eigenvalue weighted by Crippen LogP contribution is 2.42. The van der Waals surface area contributed by atoms with Crippen LogP contribution in [0, 0.1) is 10.8 Å². The molecule has 0 radical (unpaired) electrons. The van der Waals surface area contributed by atoms with Crippen molar-refractivity contribution in [3.8, 4) is 23.0 Å². The largest absolute Gasteiger partial charge is 0.507 e. The third-order valence-corrected chi connectivity index (χ3v) is 10.8. The van der Waals surface area contributed by atoms with Crippen LogP contribution >= 0.6 is 24.8 Å². The molecule has 0 spiro atoms. The number of amidine groups is 2. The number of carbonyl (C=O) groups is 2. The maximum atomic E-state index is 13.4. The Bertz CT molecular complexity index is 2390. The van der Waals surface area contributed by atoms with Gasteiger partial charge >= 0.3 is 0 Å². The number of hydrogen-bond donors (Lipinski definition) is 16. The molecule has 24 nitrogen and oxygen atoms in total. The lowest BCUT2D eigenvalue weighted by molar-refractivity contribution is 0.0975. The van der Waals surface area contributed by atoms with Gasteiger partial charge in [-0.2, -0.15) is 16.8 Å². The quantitative estimate of drug-likeness (QED) is 0.0122. The molecule has 0 fully saturated rings. The second-order valence-corrected chi connectivity index (χ2v) is 18.0. The molecule has 1 aliphatic carbocycles. The number of benzene rings is 4. The fourth-order valence-corrected chi connectivity index (χ4v) is 6.55. The van der Waals surface area contributed by atoms with E-state index in [1.165, 1.54) is 12.1 Å². The number of nitrogen functional groups attached to an aromatic ring is 2. The molecular weight excluding hydrogens is 1040 g/mol. The Morgan fingerprint density at radius 3 is 1.11 bits per heavy atom. The molecule has 0 bridgehead atoms. The number of rotatable bonds is 26. The summed E-state index contributed by atoms with van der Waals surface area (Å²) >= 11 is 0. The first-order valence-corrected chi connectivity index (χ1v) is 25.1. The predicted molar refractivity (Wildman–Crippen MR) is 281 cm³/mol. The summed E-state index contributed by atoms with van der Waals surface area (Å²) < 4.78 is 65.5. The van der Waals surface area contributed by atoms with Crippen LogP contribution in [0.15, 0.2) is 72.8 Å². The van der Waals surface area contributed by atoms with Crippen LogP contribution in [-0.2, 0) is 20.2 Å². The van der Waals surface area contributed by atoms with Crippen LogP contribution in [0.4, 0.5) is 11.4 Å². The number of anilines is 2. The molecule has 0 amide bonds. The van der Waals surface area contributed by atoms with E-state index < -0.39 is 56.5 Å². The van der Waals surface area contributed by atoms with Gasteiger partial charge in [0.05, 0.1) is 73.4 Å². The minimum atomic E-state index is -3.92. The molecule has 0 unspecified atom stereocenters. The zero-order valence-corrected chi connectivity index (χ0v) is 42.8. The highest BCUT2D eigenvalue weighted by atomic mass is 35.5. The van der Waals surface area contributed by atoms with Gasteiger partial charge < -0.3 is 72.8 Å². The van der Waals surface area contributed by atoms with Crippen molar-refractivity contribution in [2.45, 2.75) is 19.3 Å². The number of nitrogens with two attached hydrogens (primary N) is 2. The lowest BCUT2D eigenvalue weighted by atomic mass is 9.81. The number of ketones is 2. The van der Waals surface area contributed by atoms with Crippen molar-refractivity contribution < 1.29 is 75.6 Å². The molecule has 73 heavy (non-hydrogen) atoms. The predicted octanol–water partition coefficient (Wildman–Crippen LogP) is 1.32. The number of carbonyl (C=O) groups excluding carboxylic acids is 2. The molecule has 0 saturated heterocycles. The maximum Gasteiger partial charge on any atom is 0.267 e. The normalized spacial score (nSPS) is 11.2. The van der Waals surface area contributed by atoms with Crippen molar-refractivity contribution in [2.75, 3.05) is 101 Å². The maximum absolute atomic E-state index is 13.4. The van der Waals surface area contributed by atoms with Crippen LogP contribution in [-0.4, -0.2) is 170 Å². The first-order valence-electron chi connectivity index (χ1n) is 21.9. The van der Waals surface area contributed by atoms with Gasteiger partial charge in [-0.3, -0.25) is 29.5 Å². The molecule has 18 N–H and O–H groups in total. The monoisotopic (exact) mass is 1110 g/mol. The average Bonchev–Trinajstić information content (AvgIpc) is 3.31. The van der Waals surface area contributed by atoms with E-state index in [2.05, 4.69) is 21.3 Å². The zero-order valence-electron chi connectivity index (χ0n) is 39.6. The summed E-state index contributed by atoms with van der Waals surface area (Å²) in [5.74, 6) is -1.33. The average molecular weight is 1110 g/mol. The first kappa shape index (κ1) is 67.1. The second kappa shape index (κ2) is 35.3. The van der Waals surface area contributed by atoms with Gasteiger partial charge in [0.25, 0.3) is 20.2 Å². The fraction of sp³-hybridized carbons (Fsp3) is 0.378. The highest BCUT2D eigenvalue weighted by molar-refractivity contribution is 7.86. The molecule has 28 heteroatoms. The molecular formula is C45H66Cl2N8O16S2. The summed E-state index contributed by atoms with van der Waals surface area (Å²) in [7, 11) is -7.85. The van der Waals surface area contributed by atoms with E-state index >= 15 is 0 Å². The molecule has 0 aliphatic heterocycles. The number of phenolic OH excluding ortho intramolecular Hbond substituents is 2. The Balaban J connectivity index is 0.00000112. The van der Waals surface area contributed by atoms with Gasteiger partial charge in [0, 0.05) is 61.8 Å². The minimum Gasteiger partial charge on any atom is -0.507 e. The fourth-order valence-electron chi connectivity index (χ4n) is 6.09. The van der Waals surface area contributed by atoms with E-state index in [9.17, 15) is 36.6 Å². The van der Waals surface area contributed by atoms with E-state index in [1.807, 2.05) is 24.3 Å². The third-order valence-electron chi connectivity index (χ3n) is 9.44. The lowest BCUT2D eigenvalue weighted by Crippen LogP contribution is -2.28. The summed E-state index contributed by atoms with van der Waals surface area (Å²) in [6.45, 7) is 3.04. The number of aliphatic hydroxyl groups is 4. The number of phenols is 2. The lowest BCUT2D eigenvalue weighted by Gasteiger charge is -2.25. The van der Waals surface area contributed by atoms with E-state index in [4.69, 9.17) is 61.3 Å². The summed E-state index contributed by atoms with van der Waals surface area (Å²) in [5, 5.41) is 81.0. The summed E-state index contributed by atoms with van der Waals surface area (Å²) in [4.78, 5) is 26.7. The summed E-state index contributed by atoms with van der Waals surface area (Å²) in [6, 6.07) is 20.2. The smallest absolute Gasteiger partial charge is 0.267 e. The molecule has 4 aromatic rings. The number of unbranched alkanes of at least 4 members (excludes halogenated alkanes) is 2. The SMILES string of the molecule is Cl.Cl.N=C(N)c1ccc(OCCCCCOc2ccc(C(=N)N)cc2)cc1.O=C1c2c(O)ccc(O)c2C(=O)c2c(NCCNCCO)ccc(NCCNCCO)c21.O=S(=O)(O)CCO.O=S(=O)(O)CCO. The van der Waals surface area contributed by atoms with E-state index in [-0.39, 0.29) is 83.5 Å². The standard InChI is InChI=1S/C22H28N4O6.C19H24N4O2.2C2H6O4S.2ClH/c27-11-9-23-5-7-25-13-1-2-14(26-8-6-24-10-12-28)18-17(13)21(31)19-15(29)3-4-16(30)20(19)22(18)32;20-18(21)14-4-8-16(9-5-14)24-12-2-1-3-13-25-17-10-6-15(7-11-17)19(22)23;2*3-1-2-7(4,5)6;;/h1-4,23-30H,5-12H2;4-11H,1-3,12-13H2,(H3,20,21)(H3,22,23);2*3H,1-2H2,(H,4,5,6);2*1H. The van der Waals surface area contributed by atoms with Crippen molar-refractivity contribution in [1.29, 1.82) is 10.8 Å². The van der Waals surface area contributed by atoms with Gasteiger partial charge in [0.1, 0.15) is 34.7 Å². The third kappa shape index (κ3) is 25.1. The number of halogens is 2. The molecule has 4 aromatic carbocycles. The van der Waals surface area contributed by atoms with Crippen molar-refractivity contribution in [2.24, 2.45) is 11.5 Å². The van der Waals surface area contributed by atoms with Crippen LogP contribution in [0.25, 0.3) is 0 Å². The highest BCUT2D eigenvalue weighted by Gasteiger charge is 2.38. The molecule has 5 rings (SSSR count). The Kier molecular flexibility index (Phi) is 32.5. The van der Waals surface area contributed by atoms with Gasteiger partial charge in [-0.1, -0.05) is 0 Å². The van der Waals surface area contributed by atoms with E-state index in [0.717, 1.165) is 30.8 Å². The Morgan fingerprint density at radius 1 is 0.493 bits per heavy atom. The zero-order chi connectivity index (χ0) is 53.0. The van der Waals surface area contributed by atoms with Crippen LogP contribution < -0.4 is 42.2 Å². The van der Waals surface area contributed by atoms with Gasteiger partial charge in [0.2, 0.25) is 11.6 Å². The van der Waals surface area contributed by atoms with Crippen LogP contribution in [0.2, 0.25) is 0 Å². The van der Waals surface area contributed by atoms with Gasteiger partial charge in [-0.25, -0.2) is 0 Å². The second-order valence-electron chi connectivity index (χ2n) is 14.9. The molecule has 408 valence electrons. The van der Waals surface area contributed by atoms with Gasteiger partial charge in [0.15, 0.2) is 0 Å². The molecule has 0 saturated carbocycles. The minimum absolute atomic E-state index is 0. The van der Waals surface area contributed by atoms with Crippen LogP contribution in [0.5, 0.6) is 23.0 Å².